The summed E-state index contributed by atoms with van der Waals surface area (Å²) in [6, 6.07) is 6.51. The summed E-state index contributed by atoms with van der Waals surface area (Å²) in [5.41, 5.74) is 2.91. The van der Waals surface area contributed by atoms with Crippen LogP contribution in [0.1, 0.15) is 5.56 Å². The molecule has 0 bridgehead atoms. The Hall–Kier alpha value is -1.22. The number of hydrogen-bond acceptors (Lipinski definition) is 3. The van der Waals surface area contributed by atoms with Crippen LogP contribution in [-0.2, 0) is 0 Å². The molecule has 0 saturated carbocycles. The van der Waals surface area contributed by atoms with Crippen molar-refractivity contribution in [3.63, 3.8) is 0 Å². The van der Waals surface area contributed by atoms with E-state index >= 15 is 0 Å². The first-order valence-electron chi connectivity index (χ1n) is 3.84. The maximum absolute atomic E-state index is 5.38. The zero-order chi connectivity index (χ0) is 8.55. The minimum absolute atomic E-state index is 0. The molecular formula is C9H11ClN2O. The third-order valence-corrected chi connectivity index (χ3v) is 1.76. The molecule has 0 amide bonds. The molecule has 4 heteroatoms. The molecule has 0 radical (unpaired) electrons. The topological polar surface area (TPSA) is 38.1 Å². The molecule has 0 aliphatic carbocycles. The molecular weight excluding hydrogens is 188 g/mol. The molecule has 2 aromatic rings. The Balaban J connectivity index is 0.000000845. The van der Waals surface area contributed by atoms with Crippen molar-refractivity contribution in [2.24, 2.45) is 0 Å². The number of fused-ring (bicyclic) bond motifs is 1. The highest BCUT2D eigenvalue weighted by Gasteiger charge is 2.02. The number of oxazole rings is 1. The molecule has 1 N–H and O–H groups in total. The minimum atomic E-state index is 0. The molecule has 70 valence electrons. The van der Waals surface area contributed by atoms with E-state index in [-0.39, 0.29) is 12.4 Å². The van der Waals surface area contributed by atoms with Crippen LogP contribution in [0.2, 0.25) is 0 Å². The number of anilines is 1. The van der Waals surface area contributed by atoms with Crippen molar-refractivity contribution in [2.45, 2.75) is 6.92 Å². The molecule has 1 aromatic carbocycles. The highest BCUT2D eigenvalue weighted by Crippen LogP contribution is 2.19. The number of nitrogens with zero attached hydrogens (tertiary/aromatic N) is 1. The molecule has 0 spiro atoms. The van der Waals surface area contributed by atoms with E-state index < -0.39 is 0 Å². The summed E-state index contributed by atoms with van der Waals surface area (Å²) in [6.07, 6.45) is 0. The Morgan fingerprint density at radius 2 is 2.15 bits per heavy atom. The van der Waals surface area contributed by atoms with Gasteiger partial charge in [-0.3, -0.25) is 0 Å². The van der Waals surface area contributed by atoms with Gasteiger partial charge in [0.2, 0.25) is 0 Å². The molecule has 0 aliphatic heterocycles. The van der Waals surface area contributed by atoms with Gasteiger partial charge >= 0.3 is 0 Å². The lowest BCUT2D eigenvalue weighted by molar-refractivity contribution is 0.620. The van der Waals surface area contributed by atoms with E-state index in [0.717, 1.165) is 11.1 Å². The average Bonchev–Trinajstić information content (AvgIpc) is 2.46. The van der Waals surface area contributed by atoms with Gasteiger partial charge in [0.05, 0.1) is 0 Å². The van der Waals surface area contributed by atoms with Gasteiger partial charge in [-0.15, -0.1) is 12.4 Å². The van der Waals surface area contributed by atoms with Gasteiger partial charge in [0.15, 0.2) is 5.58 Å². The Labute approximate surface area is 82.6 Å². The Bertz CT molecular complexity index is 411. The van der Waals surface area contributed by atoms with Crippen LogP contribution in [0, 0.1) is 6.92 Å². The summed E-state index contributed by atoms with van der Waals surface area (Å²) in [7, 11) is 1.79. The summed E-state index contributed by atoms with van der Waals surface area (Å²) in [4.78, 5) is 4.19. The summed E-state index contributed by atoms with van der Waals surface area (Å²) < 4.78 is 5.38. The molecule has 0 fully saturated rings. The molecule has 0 atom stereocenters. The van der Waals surface area contributed by atoms with Crippen LogP contribution in [0.15, 0.2) is 22.6 Å². The smallest absolute Gasteiger partial charge is 0.295 e. The lowest BCUT2D eigenvalue weighted by atomic mass is 10.2. The minimum Gasteiger partial charge on any atom is -0.424 e. The highest BCUT2D eigenvalue weighted by molar-refractivity contribution is 5.85. The quantitative estimate of drug-likeness (QED) is 0.766. The Morgan fingerprint density at radius 1 is 1.38 bits per heavy atom. The van der Waals surface area contributed by atoms with E-state index in [0.29, 0.717) is 6.01 Å². The van der Waals surface area contributed by atoms with Crippen LogP contribution in [0.3, 0.4) is 0 Å². The number of nitrogens with one attached hydrogen (secondary N) is 1. The fourth-order valence-electron chi connectivity index (χ4n) is 1.14. The monoisotopic (exact) mass is 198 g/mol. The maximum atomic E-state index is 5.38. The second-order valence-corrected chi connectivity index (χ2v) is 2.74. The van der Waals surface area contributed by atoms with E-state index in [4.69, 9.17) is 4.42 Å². The van der Waals surface area contributed by atoms with Crippen LogP contribution < -0.4 is 5.32 Å². The molecule has 0 unspecified atom stereocenters. The molecule has 13 heavy (non-hydrogen) atoms. The third-order valence-electron chi connectivity index (χ3n) is 1.76. The highest BCUT2D eigenvalue weighted by atomic mass is 35.5. The van der Waals surface area contributed by atoms with Crippen molar-refractivity contribution in [3.05, 3.63) is 23.8 Å². The summed E-state index contributed by atoms with van der Waals surface area (Å²) >= 11 is 0. The Morgan fingerprint density at radius 3 is 2.85 bits per heavy atom. The normalized spacial score (nSPS) is 9.69. The first kappa shape index (κ1) is 9.86. The van der Waals surface area contributed by atoms with Crippen molar-refractivity contribution >= 4 is 29.5 Å². The molecule has 2 rings (SSSR count). The SMILES string of the molecule is CNc1nc2ccc(C)cc2o1.Cl. The van der Waals surface area contributed by atoms with Crippen molar-refractivity contribution in [1.29, 1.82) is 0 Å². The Kier molecular flexibility index (Phi) is 2.78. The summed E-state index contributed by atoms with van der Waals surface area (Å²) in [5.74, 6) is 0. The van der Waals surface area contributed by atoms with Crippen LogP contribution >= 0.6 is 12.4 Å². The van der Waals surface area contributed by atoms with Gasteiger partial charge in [0.1, 0.15) is 5.52 Å². The first-order valence-corrected chi connectivity index (χ1v) is 3.84. The van der Waals surface area contributed by atoms with E-state index in [1.54, 1.807) is 7.05 Å². The van der Waals surface area contributed by atoms with Gasteiger partial charge in [-0.1, -0.05) is 6.07 Å². The van der Waals surface area contributed by atoms with Crippen molar-refractivity contribution in [2.75, 3.05) is 12.4 Å². The van der Waals surface area contributed by atoms with Gasteiger partial charge in [-0.05, 0) is 24.6 Å². The van der Waals surface area contributed by atoms with Crippen LogP contribution in [0.4, 0.5) is 6.01 Å². The average molecular weight is 199 g/mol. The number of benzene rings is 1. The first-order chi connectivity index (χ1) is 5.79. The van der Waals surface area contributed by atoms with Gasteiger partial charge in [-0.2, -0.15) is 4.98 Å². The van der Waals surface area contributed by atoms with Gasteiger partial charge < -0.3 is 9.73 Å². The van der Waals surface area contributed by atoms with Gasteiger partial charge in [0, 0.05) is 7.05 Å². The molecule has 0 aliphatic rings. The number of hydrogen-bond donors (Lipinski definition) is 1. The van der Waals surface area contributed by atoms with E-state index in [2.05, 4.69) is 10.3 Å². The third kappa shape index (κ3) is 1.75. The van der Waals surface area contributed by atoms with Crippen molar-refractivity contribution < 1.29 is 4.42 Å². The molecule has 1 heterocycles. The largest absolute Gasteiger partial charge is 0.424 e. The second-order valence-electron chi connectivity index (χ2n) is 2.74. The van der Waals surface area contributed by atoms with Gasteiger partial charge in [0.25, 0.3) is 6.01 Å². The predicted molar refractivity (Wildman–Crippen MR) is 55.5 cm³/mol. The zero-order valence-corrected chi connectivity index (χ0v) is 8.31. The van der Waals surface area contributed by atoms with E-state index in [1.807, 2.05) is 25.1 Å². The van der Waals surface area contributed by atoms with Crippen LogP contribution in [0.25, 0.3) is 11.1 Å². The van der Waals surface area contributed by atoms with E-state index in [1.165, 1.54) is 5.56 Å². The summed E-state index contributed by atoms with van der Waals surface area (Å²) in [5, 5.41) is 2.86. The van der Waals surface area contributed by atoms with E-state index in [9.17, 15) is 0 Å². The van der Waals surface area contributed by atoms with Crippen molar-refractivity contribution in [3.8, 4) is 0 Å². The molecule has 1 aromatic heterocycles. The fourth-order valence-corrected chi connectivity index (χ4v) is 1.14. The molecule has 3 nitrogen and oxygen atoms in total. The fraction of sp³-hybridized carbons (Fsp3) is 0.222. The lowest BCUT2D eigenvalue weighted by Gasteiger charge is -1.88. The second kappa shape index (κ2) is 3.66. The zero-order valence-electron chi connectivity index (χ0n) is 7.50. The molecule has 0 saturated heterocycles. The van der Waals surface area contributed by atoms with Crippen LogP contribution in [-0.4, -0.2) is 12.0 Å². The maximum Gasteiger partial charge on any atom is 0.295 e. The lowest BCUT2D eigenvalue weighted by Crippen LogP contribution is -1.85. The number of aryl methyl sites for hydroxylation is 1. The predicted octanol–water partition coefficient (Wildman–Crippen LogP) is 2.60. The van der Waals surface area contributed by atoms with Crippen LogP contribution in [0.5, 0.6) is 0 Å². The number of rotatable bonds is 1. The number of aromatic nitrogens is 1. The van der Waals surface area contributed by atoms with Crippen molar-refractivity contribution in [1.82, 2.24) is 4.98 Å². The standard InChI is InChI=1S/C9H10N2O.ClH/c1-6-3-4-7-8(5-6)12-9(10-2)11-7;/h3-5H,1-2H3,(H,10,11);1H. The van der Waals surface area contributed by atoms with Gasteiger partial charge in [-0.25, -0.2) is 0 Å². The summed E-state index contributed by atoms with van der Waals surface area (Å²) in [6.45, 7) is 2.03. The number of halogens is 1.